The molecule has 0 aliphatic carbocycles. The molecule has 12 heteroatoms. The molecule has 162 valence electrons. The maximum absolute atomic E-state index is 12.9. The molecule has 2 heterocycles. The van der Waals surface area contributed by atoms with Crippen molar-refractivity contribution < 1.29 is 39.3 Å². The molecule has 2 saturated heterocycles. The highest BCUT2D eigenvalue weighted by molar-refractivity contribution is 5.96. The predicted octanol–water partition coefficient (Wildman–Crippen LogP) is -2.75. The topological polar surface area (TPSA) is 185 Å². The van der Waals surface area contributed by atoms with Gasteiger partial charge in [0, 0.05) is 6.54 Å². The van der Waals surface area contributed by atoms with E-state index < -0.39 is 66.9 Å². The minimum atomic E-state index is -1.51. The molecule has 0 bridgehead atoms. The lowest BCUT2D eigenvalue weighted by atomic mass is 10.1. The van der Waals surface area contributed by atoms with Gasteiger partial charge in [0.1, 0.15) is 18.1 Å². The van der Waals surface area contributed by atoms with Gasteiger partial charge in [-0.3, -0.25) is 19.2 Å². The van der Waals surface area contributed by atoms with Crippen LogP contribution in [0, 0.1) is 0 Å². The summed E-state index contributed by atoms with van der Waals surface area (Å²) in [6.45, 7) is 0.00881. The Morgan fingerprint density at radius 3 is 2.24 bits per heavy atom. The molecule has 2 aliphatic rings. The number of nitrogens with zero attached hydrogens (tertiary/aromatic N) is 1. The van der Waals surface area contributed by atoms with E-state index >= 15 is 0 Å². The van der Waals surface area contributed by atoms with E-state index in [1.54, 1.807) is 0 Å². The van der Waals surface area contributed by atoms with Gasteiger partial charge in [0.05, 0.1) is 19.1 Å². The first kappa shape index (κ1) is 22.6. The molecule has 3 amide bonds. The van der Waals surface area contributed by atoms with Crippen molar-refractivity contribution in [3.63, 3.8) is 0 Å². The van der Waals surface area contributed by atoms with Gasteiger partial charge < -0.3 is 36.2 Å². The van der Waals surface area contributed by atoms with Crippen LogP contribution in [0.3, 0.4) is 0 Å². The first-order chi connectivity index (χ1) is 13.7. The van der Waals surface area contributed by atoms with Crippen LogP contribution in [0.1, 0.15) is 32.1 Å². The van der Waals surface area contributed by atoms with E-state index in [-0.39, 0.29) is 13.0 Å². The first-order valence-corrected chi connectivity index (χ1v) is 9.44. The van der Waals surface area contributed by atoms with Crippen LogP contribution in [0.4, 0.5) is 0 Å². The third-order valence-corrected chi connectivity index (χ3v) is 5.01. The summed E-state index contributed by atoms with van der Waals surface area (Å²) >= 11 is 0. The summed E-state index contributed by atoms with van der Waals surface area (Å²) in [7, 11) is 0. The molecule has 0 aromatic rings. The Kier molecular flexibility index (Phi) is 7.91. The molecule has 6 N–H and O–H groups in total. The molecular formula is C17H26N4O8. The van der Waals surface area contributed by atoms with Crippen LogP contribution in [0.5, 0.6) is 0 Å². The van der Waals surface area contributed by atoms with Gasteiger partial charge in [0.2, 0.25) is 17.7 Å². The molecule has 0 aromatic heterocycles. The number of hydrogen-bond acceptors (Lipinski definition) is 7. The maximum atomic E-state index is 12.9. The summed E-state index contributed by atoms with van der Waals surface area (Å²) in [5, 5.41) is 34.7. The SMILES string of the molecule is O=C(O)CC(NC(=O)C1CCCN1)C(=O)N1CCCC1C(=O)NC(CO)C(=O)O. The van der Waals surface area contributed by atoms with E-state index in [1.807, 2.05) is 0 Å². The molecule has 0 radical (unpaired) electrons. The number of carboxylic acid groups (broad SMARTS) is 2. The number of carbonyl (C=O) groups is 5. The van der Waals surface area contributed by atoms with E-state index in [1.165, 1.54) is 0 Å². The normalized spacial score (nSPS) is 23.3. The van der Waals surface area contributed by atoms with Crippen LogP contribution in [-0.4, -0.2) is 93.7 Å². The van der Waals surface area contributed by atoms with E-state index in [2.05, 4.69) is 16.0 Å². The van der Waals surface area contributed by atoms with Crippen LogP contribution in [-0.2, 0) is 24.0 Å². The summed E-state index contributed by atoms with van der Waals surface area (Å²) in [4.78, 5) is 61.0. The lowest BCUT2D eigenvalue weighted by molar-refractivity contribution is -0.147. The molecule has 0 spiro atoms. The van der Waals surface area contributed by atoms with Crippen molar-refractivity contribution in [1.29, 1.82) is 0 Å². The van der Waals surface area contributed by atoms with Crippen LogP contribution in [0.25, 0.3) is 0 Å². The Hall–Kier alpha value is -2.73. The number of aliphatic hydroxyl groups excluding tert-OH is 1. The Morgan fingerprint density at radius 2 is 1.69 bits per heavy atom. The number of likely N-dealkylation sites (tertiary alicyclic amines) is 1. The van der Waals surface area contributed by atoms with Crippen molar-refractivity contribution in [2.75, 3.05) is 19.7 Å². The number of aliphatic carboxylic acids is 2. The summed E-state index contributed by atoms with van der Waals surface area (Å²) in [6, 6.07) is -4.36. The van der Waals surface area contributed by atoms with Gasteiger partial charge in [0.25, 0.3) is 0 Å². The van der Waals surface area contributed by atoms with Gasteiger partial charge in [-0.05, 0) is 32.2 Å². The minimum Gasteiger partial charge on any atom is -0.481 e. The highest BCUT2D eigenvalue weighted by Crippen LogP contribution is 2.20. The smallest absolute Gasteiger partial charge is 0.328 e. The standard InChI is InChI=1S/C17H26N4O8/c22-8-11(17(28)29)20-15(26)12-4-2-6-21(12)16(27)10(7-13(23)24)19-14(25)9-3-1-5-18-9/h9-12,18,22H,1-8H2,(H,19,25)(H,20,26)(H,23,24)(H,28,29). The number of carboxylic acids is 2. The fraction of sp³-hybridized carbons (Fsp3) is 0.706. The largest absolute Gasteiger partial charge is 0.481 e. The van der Waals surface area contributed by atoms with Crippen molar-refractivity contribution in [2.45, 2.75) is 56.3 Å². The molecule has 4 atom stereocenters. The Labute approximate surface area is 166 Å². The van der Waals surface area contributed by atoms with Crippen molar-refractivity contribution in [3.8, 4) is 0 Å². The average Bonchev–Trinajstić information content (AvgIpc) is 3.35. The van der Waals surface area contributed by atoms with Crippen LogP contribution in [0.15, 0.2) is 0 Å². The van der Waals surface area contributed by atoms with E-state index in [0.29, 0.717) is 19.4 Å². The summed E-state index contributed by atoms with van der Waals surface area (Å²) in [5.74, 6) is -4.65. The quantitative estimate of drug-likeness (QED) is 0.233. The predicted molar refractivity (Wildman–Crippen MR) is 96.6 cm³/mol. The average molecular weight is 414 g/mol. The number of rotatable bonds is 9. The molecule has 0 aromatic carbocycles. The van der Waals surface area contributed by atoms with Gasteiger partial charge in [-0.2, -0.15) is 0 Å². The zero-order valence-corrected chi connectivity index (χ0v) is 15.8. The molecule has 0 saturated carbocycles. The van der Waals surface area contributed by atoms with E-state index in [0.717, 1.165) is 11.3 Å². The van der Waals surface area contributed by atoms with Crippen molar-refractivity contribution in [2.24, 2.45) is 0 Å². The zero-order valence-electron chi connectivity index (χ0n) is 15.8. The fourth-order valence-electron chi connectivity index (χ4n) is 3.51. The lowest BCUT2D eigenvalue weighted by Gasteiger charge is -2.29. The second kappa shape index (κ2) is 10.2. The van der Waals surface area contributed by atoms with Crippen molar-refractivity contribution >= 4 is 29.7 Å². The molecule has 2 fully saturated rings. The van der Waals surface area contributed by atoms with E-state index in [4.69, 9.17) is 15.3 Å². The third kappa shape index (κ3) is 5.87. The van der Waals surface area contributed by atoms with Crippen LogP contribution >= 0.6 is 0 Å². The lowest BCUT2D eigenvalue weighted by Crippen LogP contribution is -2.57. The second-order valence-electron chi connectivity index (χ2n) is 7.08. The molecule has 2 rings (SSSR count). The number of hydrogen-bond donors (Lipinski definition) is 6. The highest BCUT2D eigenvalue weighted by atomic mass is 16.4. The summed E-state index contributed by atoms with van der Waals surface area (Å²) in [6.07, 6.45) is 1.44. The Bertz CT molecular complexity index is 664. The maximum Gasteiger partial charge on any atom is 0.328 e. The molecule has 12 nitrogen and oxygen atoms in total. The van der Waals surface area contributed by atoms with Crippen LogP contribution in [0.2, 0.25) is 0 Å². The minimum absolute atomic E-state index is 0.168. The Balaban J connectivity index is 2.09. The number of aliphatic hydroxyl groups is 1. The van der Waals surface area contributed by atoms with Crippen molar-refractivity contribution in [3.05, 3.63) is 0 Å². The fourth-order valence-corrected chi connectivity index (χ4v) is 3.51. The third-order valence-electron chi connectivity index (χ3n) is 5.01. The number of carbonyl (C=O) groups excluding carboxylic acids is 3. The number of nitrogens with one attached hydrogen (secondary N) is 3. The summed E-state index contributed by atoms with van der Waals surface area (Å²) < 4.78 is 0. The van der Waals surface area contributed by atoms with Crippen LogP contribution < -0.4 is 16.0 Å². The molecule has 29 heavy (non-hydrogen) atoms. The van der Waals surface area contributed by atoms with Gasteiger partial charge in [-0.1, -0.05) is 0 Å². The molecular weight excluding hydrogens is 388 g/mol. The van der Waals surface area contributed by atoms with Gasteiger partial charge in [-0.15, -0.1) is 0 Å². The molecule has 2 aliphatic heterocycles. The van der Waals surface area contributed by atoms with Gasteiger partial charge in [0.15, 0.2) is 0 Å². The van der Waals surface area contributed by atoms with E-state index in [9.17, 15) is 24.0 Å². The summed E-state index contributed by atoms with van der Waals surface area (Å²) in [5.41, 5.74) is 0. The van der Waals surface area contributed by atoms with Gasteiger partial charge >= 0.3 is 11.9 Å². The number of amides is 3. The second-order valence-corrected chi connectivity index (χ2v) is 7.08. The monoisotopic (exact) mass is 414 g/mol. The molecule has 4 unspecified atom stereocenters. The van der Waals surface area contributed by atoms with Gasteiger partial charge in [-0.25, -0.2) is 4.79 Å². The zero-order chi connectivity index (χ0) is 21.6. The highest BCUT2D eigenvalue weighted by Gasteiger charge is 2.40. The Morgan fingerprint density at radius 1 is 1.00 bits per heavy atom. The van der Waals surface area contributed by atoms with Crippen molar-refractivity contribution in [1.82, 2.24) is 20.9 Å². The first-order valence-electron chi connectivity index (χ1n) is 9.44.